The largest absolute Gasteiger partial charge is 0.465 e. The van der Waals surface area contributed by atoms with Gasteiger partial charge in [-0.3, -0.25) is 5.32 Å². The number of nitrogens with one attached hydrogen (secondary N) is 1. The molecule has 0 aliphatic rings. The van der Waals surface area contributed by atoms with E-state index in [0.717, 1.165) is 10.6 Å². The third-order valence-electron chi connectivity index (χ3n) is 2.50. The highest BCUT2D eigenvalue weighted by Crippen LogP contribution is 2.25. The maximum atomic E-state index is 10.6. The Kier molecular flexibility index (Phi) is 3.78. The molecule has 2 aromatic rings. The van der Waals surface area contributed by atoms with E-state index in [-0.39, 0.29) is 0 Å². The normalized spacial score (nSPS) is 9.89. The van der Waals surface area contributed by atoms with Gasteiger partial charge in [0.1, 0.15) is 5.00 Å². The molecule has 0 saturated heterocycles. The van der Waals surface area contributed by atoms with E-state index in [1.165, 1.54) is 11.3 Å². The van der Waals surface area contributed by atoms with Crippen LogP contribution in [-0.4, -0.2) is 16.2 Å². The van der Waals surface area contributed by atoms with Gasteiger partial charge in [-0.05, 0) is 24.6 Å². The first kappa shape index (κ1) is 13.1. The fourth-order valence-corrected chi connectivity index (χ4v) is 2.60. The number of amides is 1. The average Bonchev–Trinajstić information content (AvgIpc) is 2.70. The highest BCUT2D eigenvalue weighted by atomic mass is 32.1. The molecule has 19 heavy (non-hydrogen) atoms. The number of aromatic nitrogens is 1. The minimum Gasteiger partial charge on any atom is -0.465 e. The molecular formula is C13H11N3O2S. The van der Waals surface area contributed by atoms with Gasteiger partial charge in [0, 0.05) is 6.42 Å². The summed E-state index contributed by atoms with van der Waals surface area (Å²) in [6.07, 6.45) is -0.463. The molecule has 0 atom stereocenters. The molecule has 1 aromatic carbocycles. The molecule has 0 aliphatic heterocycles. The molecule has 1 amide bonds. The summed E-state index contributed by atoms with van der Waals surface area (Å²) in [5.74, 6) is 0. The highest BCUT2D eigenvalue weighted by molar-refractivity contribution is 7.16. The van der Waals surface area contributed by atoms with Crippen molar-refractivity contribution < 1.29 is 9.90 Å². The fraction of sp³-hybridized carbons (Fsp3) is 0.154. The van der Waals surface area contributed by atoms with Crippen LogP contribution in [0.25, 0.3) is 0 Å². The molecule has 1 heterocycles. The molecule has 6 heteroatoms. The molecule has 0 bridgehead atoms. The Balaban J connectivity index is 2.14. The quantitative estimate of drug-likeness (QED) is 0.900. The minimum atomic E-state index is -1.09. The zero-order valence-electron chi connectivity index (χ0n) is 10.2. The molecular weight excluding hydrogens is 262 g/mol. The monoisotopic (exact) mass is 273 g/mol. The van der Waals surface area contributed by atoms with E-state index in [1.54, 1.807) is 19.1 Å². The summed E-state index contributed by atoms with van der Waals surface area (Å²) in [5, 5.41) is 21.1. The Labute approximate surface area is 114 Å². The Bertz CT molecular complexity index is 641. The number of hydrogen-bond donors (Lipinski definition) is 2. The van der Waals surface area contributed by atoms with E-state index in [1.807, 2.05) is 12.1 Å². The smallest absolute Gasteiger partial charge is 0.409 e. The van der Waals surface area contributed by atoms with Gasteiger partial charge < -0.3 is 5.11 Å². The van der Waals surface area contributed by atoms with Crippen LogP contribution in [0.1, 0.15) is 21.8 Å². The summed E-state index contributed by atoms with van der Waals surface area (Å²) in [5.41, 5.74) is 2.33. The first-order chi connectivity index (χ1) is 9.08. The van der Waals surface area contributed by atoms with Crippen LogP contribution in [0.15, 0.2) is 24.3 Å². The van der Waals surface area contributed by atoms with Crippen molar-refractivity contribution in [3.8, 4) is 6.07 Å². The average molecular weight is 273 g/mol. The van der Waals surface area contributed by atoms with Crippen molar-refractivity contribution in [2.24, 2.45) is 0 Å². The molecule has 5 nitrogen and oxygen atoms in total. The molecule has 2 N–H and O–H groups in total. The molecule has 1 aromatic heterocycles. The van der Waals surface area contributed by atoms with E-state index in [2.05, 4.69) is 16.4 Å². The van der Waals surface area contributed by atoms with Gasteiger partial charge in [-0.25, -0.2) is 9.78 Å². The van der Waals surface area contributed by atoms with Crippen molar-refractivity contribution in [1.29, 1.82) is 5.26 Å². The molecule has 0 radical (unpaired) electrons. The van der Waals surface area contributed by atoms with Gasteiger partial charge in [0.15, 0.2) is 0 Å². The summed E-state index contributed by atoms with van der Waals surface area (Å²) < 4.78 is 0. The summed E-state index contributed by atoms with van der Waals surface area (Å²) in [4.78, 5) is 14.9. The van der Waals surface area contributed by atoms with Crippen LogP contribution in [0.2, 0.25) is 0 Å². The third-order valence-corrected chi connectivity index (χ3v) is 3.57. The molecule has 0 fully saturated rings. The van der Waals surface area contributed by atoms with Crippen LogP contribution in [0.3, 0.4) is 0 Å². The van der Waals surface area contributed by atoms with E-state index >= 15 is 0 Å². The fourth-order valence-electron chi connectivity index (χ4n) is 1.61. The maximum absolute atomic E-state index is 10.6. The molecule has 0 spiro atoms. The second kappa shape index (κ2) is 5.50. The van der Waals surface area contributed by atoms with Gasteiger partial charge in [0.25, 0.3) is 0 Å². The number of rotatable bonds is 3. The molecule has 0 saturated carbocycles. The van der Waals surface area contributed by atoms with Gasteiger partial charge in [0.05, 0.1) is 22.3 Å². The topological polar surface area (TPSA) is 86.0 Å². The summed E-state index contributed by atoms with van der Waals surface area (Å²) in [6, 6.07) is 9.33. The van der Waals surface area contributed by atoms with E-state index in [4.69, 9.17) is 10.4 Å². The van der Waals surface area contributed by atoms with Crippen LogP contribution < -0.4 is 5.32 Å². The predicted octanol–water partition coefficient (Wildman–Crippen LogP) is 3.00. The van der Waals surface area contributed by atoms with Crippen molar-refractivity contribution >= 4 is 22.4 Å². The zero-order valence-corrected chi connectivity index (χ0v) is 11.0. The van der Waals surface area contributed by atoms with Crippen molar-refractivity contribution in [2.75, 3.05) is 5.32 Å². The first-order valence-corrected chi connectivity index (χ1v) is 6.35. The summed E-state index contributed by atoms with van der Waals surface area (Å²) in [7, 11) is 0. The number of benzene rings is 1. The lowest BCUT2D eigenvalue weighted by molar-refractivity contribution is 0.210. The number of nitriles is 1. The highest BCUT2D eigenvalue weighted by Gasteiger charge is 2.10. The van der Waals surface area contributed by atoms with E-state index in [0.29, 0.717) is 22.7 Å². The number of carbonyl (C=O) groups is 1. The SMILES string of the molecule is Cc1nc(Cc2ccc(C#N)cc2)sc1NC(=O)O. The Hall–Kier alpha value is -2.39. The minimum absolute atomic E-state index is 0.552. The standard InChI is InChI=1S/C13H11N3O2S/c1-8-12(16-13(17)18)19-11(15-8)6-9-2-4-10(7-14)5-3-9/h2-5,16H,6H2,1H3,(H,17,18). The molecule has 0 unspecified atom stereocenters. The Morgan fingerprint density at radius 2 is 2.16 bits per heavy atom. The van der Waals surface area contributed by atoms with E-state index < -0.39 is 6.09 Å². The number of hydrogen-bond acceptors (Lipinski definition) is 4. The van der Waals surface area contributed by atoms with Crippen LogP contribution in [0.5, 0.6) is 0 Å². The third kappa shape index (κ3) is 3.30. The molecule has 0 aliphatic carbocycles. The van der Waals surface area contributed by atoms with Gasteiger partial charge in [-0.15, -0.1) is 11.3 Å². The number of nitrogens with zero attached hydrogens (tertiary/aromatic N) is 2. The van der Waals surface area contributed by atoms with Crippen LogP contribution in [-0.2, 0) is 6.42 Å². The van der Waals surface area contributed by atoms with Gasteiger partial charge >= 0.3 is 6.09 Å². The second-order valence-electron chi connectivity index (χ2n) is 3.94. The zero-order chi connectivity index (χ0) is 13.8. The second-order valence-corrected chi connectivity index (χ2v) is 5.02. The number of carboxylic acid groups (broad SMARTS) is 1. The first-order valence-electron chi connectivity index (χ1n) is 5.54. The molecule has 2 rings (SSSR count). The Morgan fingerprint density at radius 3 is 2.74 bits per heavy atom. The maximum Gasteiger partial charge on any atom is 0.409 e. The van der Waals surface area contributed by atoms with Gasteiger partial charge in [-0.1, -0.05) is 12.1 Å². The number of thiazole rings is 1. The lowest BCUT2D eigenvalue weighted by Crippen LogP contribution is -2.06. The lowest BCUT2D eigenvalue weighted by Gasteiger charge is -1.97. The van der Waals surface area contributed by atoms with Crippen LogP contribution in [0, 0.1) is 18.3 Å². The summed E-state index contributed by atoms with van der Waals surface area (Å²) in [6.45, 7) is 1.77. The number of anilines is 1. The van der Waals surface area contributed by atoms with Gasteiger partial charge in [-0.2, -0.15) is 5.26 Å². The molecule has 96 valence electrons. The van der Waals surface area contributed by atoms with Crippen LogP contribution in [0.4, 0.5) is 9.80 Å². The van der Waals surface area contributed by atoms with Crippen LogP contribution >= 0.6 is 11.3 Å². The van der Waals surface area contributed by atoms with Gasteiger partial charge in [0.2, 0.25) is 0 Å². The van der Waals surface area contributed by atoms with Crippen molar-refractivity contribution in [3.05, 3.63) is 46.1 Å². The Morgan fingerprint density at radius 1 is 1.47 bits per heavy atom. The predicted molar refractivity (Wildman–Crippen MR) is 72.5 cm³/mol. The van der Waals surface area contributed by atoms with E-state index in [9.17, 15) is 4.79 Å². The number of aryl methyl sites for hydroxylation is 1. The summed E-state index contributed by atoms with van der Waals surface area (Å²) >= 11 is 1.32. The van der Waals surface area contributed by atoms with Crippen molar-refractivity contribution in [3.63, 3.8) is 0 Å². The van der Waals surface area contributed by atoms with Crippen molar-refractivity contribution in [1.82, 2.24) is 4.98 Å². The lowest BCUT2D eigenvalue weighted by atomic mass is 10.1. The van der Waals surface area contributed by atoms with Crippen molar-refractivity contribution in [2.45, 2.75) is 13.3 Å².